The van der Waals surface area contributed by atoms with Crippen LogP contribution in [-0.4, -0.2) is 42.5 Å². The number of benzene rings is 1. The fraction of sp³-hybridized carbons (Fsp3) is 0.333. The van der Waals surface area contributed by atoms with Crippen molar-refractivity contribution in [3.63, 3.8) is 0 Å². The molecule has 0 radical (unpaired) electrons. The van der Waals surface area contributed by atoms with Gasteiger partial charge in [-0.05, 0) is 44.0 Å². The van der Waals surface area contributed by atoms with Gasteiger partial charge in [0, 0.05) is 30.8 Å². The highest BCUT2D eigenvalue weighted by atomic mass is 16.5. The highest BCUT2D eigenvalue weighted by Gasteiger charge is 2.25. The van der Waals surface area contributed by atoms with Gasteiger partial charge in [-0.25, -0.2) is 0 Å². The van der Waals surface area contributed by atoms with Gasteiger partial charge >= 0.3 is 0 Å². The molecular weight excluding hydrogens is 344 g/mol. The Bertz CT molecular complexity index is 790. The molecule has 1 saturated heterocycles. The normalized spacial score (nSPS) is 15.1. The molecule has 0 spiro atoms. The second-order valence-electron chi connectivity index (χ2n) is 6.36. The summed E-state index contributed by atoms with van der Waals surface area (Å²) in [5, 5.41) is 3.01. The highest BCUT2D eigenvalue weighted by Crippen LogP contribution is 2.19. The number of para-hydroxylation sites is 1. The van der Waals surface area contributed by atoms with E-state index in [2.05, 4.69) is 5.32 Å². The Morgan fingerprint density at radius 3 is 2.70 bits per heavy atom. The second kappa shape index (κ2) is 9.07. The monoisotopic (exact) mass is 368 g/mol. The molecule has 1 aliphatic heterocycles. The number of amides is 2. The summed E-state index contributed by atoms with van der Waals surface area (Å²) < 4.78 is 10.7. The Hall–Kier alpha value is -3.02. The van der Waals surface area contributed by atoms with E-state index in [9.17, 15) is 9.59 Å². The van der Waals surface area contributed by atoms with Crippen molar-refractivity contribution in [1.29, 1.82) is 0 Å². The molecule has 27 heavy (non-hydrogen) atoms. The van der Waals surface area contributed by atoms with Gasteiger partial charge in [-0.1, -0.05) is 18.2 Å². The maximum atomic E-state index is 12.3. The van der Waals surface area contributed by atoms with Crippen LogP contribution in [0, 0.1) is 0 Å². The van der Waals surface area contributed by atoms with Gasteiger partial charge < -0.3 is 19.4 Å². The van der Waals surface area contributed by atoms with Crippen LogP contribution in [0.3, 0.4) is 0 Å². The number of carbonyl (C=O) groups is 2. The zero-order valence-electron chi connectivity index (χ0n) is 15.4. The van der Waals surface area contributed by atoms with Crippen molar-refractivity contribution >= 4 is 17.9 Å². The number of nitrogens with one attached hydrogen (secondary N) is 1. The molecule has 1 aliphatic rings. The zero-order valence-corrected chi connectivity index (χ0v) is 15.4. The molecule has 6 nitrogen and oxygen atoms in total. The van der Waals surface area contributed by atoms with E-state index in [0.29, 0.717) is 25.5 Å². The van der Waals surface area contributed by atoms with E-state index in [-0.39, 0.29) is 17.9 Å². The molecule has 0 unspecified atom stereocenters. The van der Waals surface area contributed by atoms with Crippen molar-refractivity contribution in [1.82, 2.24) is 10.2 Å². The first-order valence-corrected chi connectivity index (χ1v) is 9.20. The van der Waals surface area contributed by atoms with Crippen LogP contribution in [0.5, 0.6) is 5.75 Å². The summed E-state index contributed by atoms with van der Waals surface area (Å²) in [5.41, 5.74) is 0.869. The van der Waals surface area contributed by atoms with E-state index in [1.54, 1.807) is 23.1 Å². The quantitative estimate of drug-likeness (QED) is 0.795. The predicted octanol–water partition coefficient (Wildman–Crippen LogP) is 3.11. The Morgan fingerprint density at radius 2 is 2.00 bits per heavy atom. The number of ether oxygens (including phenoxy) is 1. The summed E-state index contributed by atoms with van der Waals surface area (Å²) in [6.07, 6.45) is 6.23. The van der Waals surface area contributed by atoms with Gasteiger partial charge in [-0.3, -0.25) is 9.59 Å². The Morgan fingerprint density at radius 1 is 1.22 bits per heavy atom. The molecule has 1 aromatic heterocycles. The molecule has 6 heteroatoms. The standard InChI is InChI=1S/C21H24N2O4/c1-2-26-18-7-4-3-6-16(18)9-10-20(24)22-17-11-13-23(14-12-17)21(25)19-8-5-15-27-19/h3-10,15,17H,2,11-14H2,1H3,(H,22,24)/b10-9+. The van der Waals surface area contributed by atoms with Crippen molar-refractivity contribution in [2.75, 3.05) is 19.7 Å². The minimum Gasteiger partial charge on any atom is -0.493 e. The van der Waals surface area contributed by atoms with E-state index >= 15 is 0 Å². The minimum atomic E-state index is -0.142. The van der Waals surface area contributed by atoms with Gasteiger partial charge in [0.15, 0.2) is 5.76 Å². The molecule has 2 aromatic rings. The molecule has 0 bridgehead atoms. The molecule has 0 atom stereocenters. The van der Waals surface area contributed by atoms with Crippen LogP contribution in [0.1, 0.15) is 35.9 Å². The van der Waals surface area contributed by atoms with Gasteiger partial charge in [-0.2, -0.15) is 0 Å². The van der Waals surface area contributed by atoms with Gasteiger partial charge in [0.25, 0.3) is 5.91 Å². The van der Waals surface area contributed by atoms with Crippen LogP contribution in [0.2, 0.25) is 0 Å². The van der Waals surface area contributed by atoms with Crippen LogP contribution in [0.25, 0.3) is 6.08 Å². The number of rotatable bonds is 6. The summed E-state index contributed by atoms with van der Waals surface area (Å²) in [6.45, 7) is 3.70. The van der Waals surface area contributed by atoms with Gasteiger partial charge in [0.05, 0.1) is 12.9 Å². The molecule has 0 saturated carbocycles. The maximum absolute atomic E-state index is 12.3. The lowest BCUT2D eigenvalue weighted by Crippen LogP contribution is -2.46. The summed E-state index contributed by atoms with van der Waals surface area (Å²) in [5.74, 6) is 0.872. The van der Waals surface area contributed by atoms with Crippen molar-refractivity contribution in [2.24, 2.45) is 0 Å². The number of nitrogens with zero attached hydrogens (tertiary/aromatic N) is 1. The molecule has 3 rings (SSSR count). The average molecular weight is 368 g/mol. The SMILES string of the molecule is CCOc1ccccc1/C=C/C(=O)NC1CCN(C(=O)c2ccco2)CC1. The summed E-state index contributed by atoms with van der Waals surface area (Å²) >= 11 is 0. The molecule has 1 fully saturated rings. The lowest BCUT2D eigenvalue weighted by molar-refractivity contribution is -0.117. The lowest BCUT2D eigenvalue weighted by atomic mass is 10.0. The third kappa shape index (κ3) is 5.00. The van der Waals surface area contributed by atoms with Crippen LogP contribution in [0.15, 0.2) is 53.2 Å². The van der Waals surface area contributed by atoms with Gasteiger partial charge in [-0.15, -0.1) is 0 Å². The molecule has 0 aliphatic carbocycles. The zero-order chi connectivity index (χ0) is 19.1. The maximum Gasteiger partial charge on any atom is 0.289 e. The first kappa shape index (κ1) is 18.8. The molecule has 1 N–H and O–H groups in total. The van der Waals surface area contributed by atoms with Crippen molar-refractivity contribution < 1.29 is 18.7 Å². The average Bonchev–Trinajstić information content (AvgIpc) is 3.22. The largest absolute Gasteiger partial charge is 0.493 e. The Labute approximate surface area is 158 Å². The van der Waals surface area contributed by atoms with Crippen LogP contribution >= 0.6 is 0 Å². The van der Waals surface area contributed by atoms with Crippen molar-refractivity contribution in [3.8, 4) is 5.75 Å². The lowest BCUT2D eigenvalue weighted by Gasteiger charge is -2.31. The molecular formula is C21H24N2O4. The first-order valence-electron chi connectivity index (χ1n) is 9.20. The third-order valence-corrected chi connectivity index (χ3v) is 4.49. The summed E-state index contributed by atoms with van der Waals surface area (Å²) in [6, 6.07) is 11.0. The number of piperidine rings is 1. The summed E-state index contributed by atoms with van der Waals surface area (Å²) in [7, 11) is 0. The van der Waals surface area contributed by atoms with E-state index in [1.165, 1.54) is 12.3 Å². The third-order valence-electron chi connectivity index (χ3n) is 4.49. The number of hydrogen-bond donors (Lipinski definition) is 1. The predicted molar refractivity (Wildman–Crippen MR) is 102 cm³/mol. The first-order chi connectivity index (χ1) is 13.2. The van der Waals surface area contributed by atoms with Crippen LogP contribution < -0.4 is 10.1 Å². The molecule has 2 heterocycles. The highest BCUT2D eigenvalue weighted by molar-refractivity contribution is 5.93. The van der Waals surface area contributed by atoms with Crippen molar-refractivity contribution in [3.05, 3.63) is 60.1 Å². The molecule has 2 amide bonds. The smallest absolute Gasteiger partial charge is 0.289 e. The van der Waals surface area contributed by atoms with E-state index in [4.69, 9.17) is 9.15 Å². The topological polar surface area (TPSA) is 71.8 Å². The summed E-state index contributed by atoms with van der Waals surface area (Å²) in [4.78, 5) is 26.2. The van der Waals surface area contributed by atoms with Gasteiger partial charge in [0.1, 0.15) is 5.75 Å². The number of carbonyl (C=O) groups excluding carboxylic acids is 2. The van der Waals surface area contributed by atoms with E-state index in [1.807, 2.05) is 31.2 Å². The number of furan rings is 1. The molecule has 1 aromatic carbocycles. The van der Waals surface area contributed by atoms with E-state index in [0.717, 1.165) is 24.2 Å². The minimum absolute atomic E-state index is 0.0601. The van der Waals surface area contributed by atoms with Crippen molar-refractivity contribution in [2.45, 2.75) is 25.8 Å². The fourth-order valence-electron chi connectivity index (χ4n) is 3.10. The Balaban J connectivity index is 1.49. The van der Waals surface area contributed by atoms with E-state index < -0.39 is 0 Å². The van der Waals surface area contributed by atoms with Crippen LogP contribution in [0.4, 0.5) is 0 Å². The molecule has 142 valence electrons. The van der Waals surface area contributed by atoms with Crippen LogP contribution in [-0.2, 0) is 4.79 Å². The number of hydrogen-bond acceptors (Lipinski definition) is 4. The Kier molecular flexibility index (Phi) is 6.30. The second-order valence-corrected chi connectivity index (χ2v) is 6.36. The fourth-order valence-corrected chi connectivity index (χ4v) is 3.10. The number of likely N-dealkylation sites (tertiary alicyclic amines) is 1. The van der Waals surface area contributed by atoms with Gasteiger partial charge in [0.2, 0.25) is 5.91 Å².